The van der Waals surface area contributed by atoms with Gasteiger partial charge in [-0.15, -0.1) is 0 Å². The fraction of sp³-hybridized carbons (Fsp3) is 0.250. The number of furan rings is 1. The molecule has 0 aliphatic heterocycles. The second kappa shape index (κ2) is 4.37. The van der Waals surface area contributed by atoms with Crippen molar-refractivity contribution in [3.8, 4) is 0 Å². The Morgan fingerprint density at radius 3 is 2.88 bits per heavy atom. The summed E-state index contributed by atoms with van der Waals surface area (Å²) in [5.41, 5.74) is 7.10. The van der Waals surface area contributed by atoms with E-state index in [1.165, 1.54) is 0 Å². The Morgan fingerprint density at radius 2 is 2.19 bits per heavy atom. The normalized spacial score (nSPS) is 12.8. The lowest BCUT2D eigenvalue weighted by Crippen LogP contribution is -2.25. The number of para-hydroxylation sites is 1. The van der Waals surface area contributed by atoms with Crippen LogP contribution < -0.4 is 5.73 Å². The van der Waals surface area contributed by atoms with Crippen molar-refractivity contribution in [2.75, 3.05) is 6.54 Å². The summed E-state index contributed by atoms with van der Waals surface area (Å²) < 4.78 is 5.34. The molecule has 0 bridgehead atoms. The van der Waals surface area contributed by atoms with Crippen molar-refractivity contribution in [3.63, 3.8) is 0 Å². The molecule has 84 valence electrons. The zero-order valence-corrected chi connectivity index (χ0v) is 8.72. The monoisotopic (exact) mass is 219 g/mol. The smallest absolute Gasteiger partial charge is 0.308 e. The van der Waals surface area contributed by atoms with E-state index in [0.29, 0.717) is 6.42 Å². The Labute approximate surface area is 92.7 Å². The third-order valence-corrected chi connectivity index (χ3v) is 2.66. The predicted molar refractivity (Wildman–Crippen MR) is 60.1 cm³/mol. The highest BCUT2D eigenvalue weighted by atomic mass is 16.4. The number of carbonyl (C=O) groups is 1. The second-order valence-corrected chi connectivity index (χ2v) is 3.73. The minimum absolute atomic E-state index is 0.134. The average molecular weight is 219 g/mol. The van der Waals surface area contributed by atoms with Crippen LogP contribution in [0.3, 0.4) is 0 Å². The van der Waals surface area contributed by atoms with Crippen LogP contribution in [0.25, 0.3) is 11.0 Å². The molecule has 2 rings (SSSR count). The van der Waals surface area contributed by atoms with Gasteiger partial charge in [-0.25, -0.2) is 0 Å². The maximum atomic E-state index is 10.9. The number of carboxylic acid groups (broad SMARTS) is 1. The Hall–Kier alpha value is -1.81. The van der Waals surface area contributed by atoms with Crippen molar-refractivity contribution in [3.05, 3.63) is 36.1 Å². The summed E-state index contributed by atoms with van der Waals surface area (Å²) in [6.45, 7) is 0.134. The number of nitrogens with two attached hydrogens (primary N) is 1. The van der Waals surface area contributed by atoms with E-state index in [9.17, 15) is 4.79 Å². The molecule has 1 heterocycles. The predicted octanol–water partition coefficient (Wildman–Crippen LogP) is 1.63. The first kappa shape index (κ1) is 10.7. The summed E-state index contributed by atoms with van der Waals surface area (Å²) in [6.07, 6.45) is 2.01. The van der Waals surface area contributed by atoms with E-state index in [4.69, 9.17) is 15.3 Å². The largest absolute Gasteiger partial charge is 0.481 e. The average Bonchev–Trinajstić information content (AvgIpc) is 2.69. The molecule has 1 aromatic carbocycles. The number of hydrogen-bond donors (Lipinski definition) is 2. The standard InChI is InChI=1S/C12H13NO3/c13-6-8(12(14)15)5-9-7-16-11-4-2-1-3-10(9)11/h1-4,7-8H,5-6,13H2,(H,14,15). The molecule has 4 heteroatoms. The van der Waals surface area contributed by atoms with Crippen molar-refractivity contribution >= 4 is 16.9 Å². The molecule has 0 aliphatic carbocycles. The van der Waals surface area contributed by atoms with E-state index in [-0.39, 0.29) is 6.54 Å². The number of aliphatic carboxylic acids is 1. The molecule has 0 fully saturated rings. The zero-order valence-electron chi connectivity index (χ0n) is 8.72. The van der Waals surface area contributed by atoms with Gasteiger partial charge >= 0.3 is 5.97 Å². The lowest BCUT2D eigenvalue weighted by atomic mass is 9.99. The van der Waals surface area contributed by atoms with Crippen LogP contribution in [0.5, 0.6) is 0 Å². The molecule has 0 amide bonds. The number of fused-ring (bicyclic) bond motifs is 1. The molecule has 1 unspecified atom stereocenters. The van der Waals surface area contributed by atoms with Crippen LogP contribution in [-0.2, 0) is 11.2 Å². The van der Waals surface area contributed by atoms with E-state index in [1.54, 1.807) is 6.26 Å². The number of hydrogen-bond acceptors (Lipinski definition) is 3. The number of benzene rings is 1. The van der Waals surface area contributed by atoms with E-state index >= 15 is 0 Å². The quantitative estimate of drug-likeness (QED) is 0.819. The minimum atomic E-state index is -0.868. The fourth-order valence-electron chi connectivity index (χ4n) is 1.73. The van der Waals surface area contributed by atoms with Crippen LogP contribution in [0.1, 0.15) is 5.56 Å². The molecule has 0 radical (unpaired) electrons. The molecule has 16 heavy (non-hydrogen) atoms. The summed E-state index contributed by atoms with van der Waals surface area (Å²) in [7, 11) is 0. The highest BCUT2D eigenvalue weighted by Crippen LogP contribution is 2.23. The molecule has 4 nitrogen and oxygen atoms in total. The lowest BCUT2D eigenvalue weighted by molar-refractivity contribution is -0.141. The van der Waals surface area contributed by atoms with Gasteiger partial charge in [0.2, 0.25) is 0 Å². The Kier molecular flexibility index (Phi) is 2.92. The molecular weight excluding hydrogens is 206 g/mol. The van der Waals surface area contributed by atoms with Gasteiger partial charge < -0.3 is 15.3 Å². The molecule has 0 aliphatic rings. The molecule has 3 N–H and O–H groups in total. The third kappa shape index (κ3) is 1.92. The Balaban J connectivity index is 2.30. The van der Waals surface area contributed by atoms with Gasteiger partial charge in [-0.3, -0.25) is 4.79 Å². The summed E-state index contributed by atoms with van der Waals surface area (Å²) in [4.78, 5) is 10.9. The van der Waals surface area contributed by atoms with Crippen molar-refractivity contribution in [1.82, 2.24) is 0 Å². The molecule has 1 aromatic heterocycles. The van der Waals surface area contributed by atoms with Crippen molar-refractivity contribution in [2.24, 2.45) is 11.7 Å². The van der Waals surface area contributed by atoms with Gasteiger partial charge in [0.05, 0.1) is 12.2 Å². The van der Waals surface area contributed by atoms with Crippen molar-refractivity contribution in [2.45, 2.75) is 6.42 Å². The third-order valence-electron chi connectivity index (χ3n) is 2.66. The Morgan fingerprint density at radius 1 is 1.44 bits per heavy atom. The van der Waals surface area contributed by atoms with Crippen LogP contribution in [0, 0.1) is 5.92 Å². The molecular formula is C12H13NO3. The SMILES string of the molecule is NCC(Cc1coc2ccccc12)C(=O)O. The molecule has 2 aromatic rings. The van der Waals surface area contributed by atoms with Crippen LogP contribution in [-0.4, -0.2) is 17.6 Å². The van der Waals surface area contributed by atoms with Crippen molar-refractivity contribution < 1.29 is 14.3 Å². The maximum Gasteiger partial charge on any atom is 0.308 e. The zero-order chi connectivity index (χ0) is 11.5. The summed E-state index contributed by atoms with van der Waals surface area (Å²) in [5, 5.41) is 9.89. The minimum Gasteiger partial charge on any atom is -0.481 e. The van der Waals surface area contributed by atoms with E-state index in [1.807, 2.05) is 24.3 Å². The van der Waals surface area contributed by atoms with Crippen molar-refractivity contribution in [1.29, 1.82) is 0 Å². The number of rotatable bonds is 4. The first-order valence-electron chi connectivity index (χ1n) is 5.10. The Bertz CT molecular complexity index is 504. The molecule has 0 saturated heterocycles. The first-order valence-corrected chi connectivity index (χ1v) is 5.10. The van der Waals surface area contributed by atoms with Gasteiger partial charge in [0.25, 0.3) is 0 Å². The van der Waals surface area contributed by atoms with Crippen LogP contribution >= 0.6 is 0 Å². The van der Waals surface area contributed by atoms with Crippen LogP contribution in [0.4, 0.5) is 0 Å². The van der Waals surface area contributed by atoms with Gasteiger partial charge in [0.1, 0.15) is 5.58 Å². The van der Waals surface area contributed by atoms with Crippen LogP contribution in [0.15, 0.2) is 34.9 Å². The molecule has 0 spiro atoms. The topological polar surface area (TPSA) is 76.5 Å². The summed E-state index contributed by atoms with van der Waals surface area (Å²) in [5.74, 6) is -1.42. The van der Waals surface area contributed by atoms with Crippen LogP contribution in [0.2, 0.25) is 0 Å². The second-order valence-electron chi connectivity index (χ2n) is 3.73. The van der Waals surface area contributed by atoms with E-state index in [2.05, 4.69) is 0 Å². The van der Waals surface area contributed by atoms with Gasteiger partial charge in [0, 0.05) is 11.9 Å². The van der Waals surface area contributed by atoms with E-state index in [0.717, 1.165) is 16.5 Å². The fourth-order valence-corrected chi connectivity index (χ4v) is 1.73. The highest BCUT2D eigenvalue weighted by Gasteiger charge is 2.18. The van der Waals surface area contributed by atoms with E-state index < -0.39 is 11.9 Å². The highest BCUT2D eigenvalue weighted by molar-refractivity contribution is 5.81. The van der Waals surface area contributed by atoms with Gasteiger partial charge in [0.15, 0.2) is 0 Å². The van der Waals surface area contributed by atoms with Gasteiger partial charge in [-0.1, -0.05) is 18.2 Å². The van der Waals surface area contributed by atoms with Gasteiger partial charge in [-0.05, 0) is 18.1 Å². The summed E-state index contributed by atoms with van der Waals surface area (Å²) >= 11 is 0. The lowest BCUT2D eigenvalue weighted by Gasteiger charge is -2.07. The molecule has 1 atom stereocenters. The maximum absolute atomic E-state index is 10.9. The van der Waals surface area contributed by atoms with Gasteiger partial charge in [-0.2, -0.15) is 0 Å². The first-order chi connectivity index (χ1) is 7.72. The number of carboxylic acids is 1. The molecule has 0 saturated carbocycles. The summed E-state index contributed by atoms with van der Waals surface area (Å²) in [6, 6.07) is 7.56.